The molecule has 31 heavy (non-hydrogen) atoms. The van der Waals surface area contributed by atoms with Crippen LogP contribution in [0.5, 0.6) is 5.75 Å². The first-order valence-corrected chi connectivity index (χ1v) is 11.3. The van der Waals surface area contributed by atoms with Crippen LogP contribution in [0, 0.1) is 6.92 Å². The molecule has 4 aromatic carbocycles. The molecule has 156 valence electrons. The molecule has 0 bridgehead atoms. The summed E-state index contributed by atoms with van der Waals surface area (Å²) in [6, 6.07) is 28.1. The fourth-order valence-electron chi connectivity index (χ4n) is 3.20. The zero-order valence-corrected chi connectivity index (χ0v) is 17.8. The quantitative estimate of drug-likeness (QED) is 0.330. The number of fused-ring (bicyclic) bond motifs is 1. The van der Waals surface area contributed by atoms with Gasteiger partial charge >= 0.3 is 0 Å². The largest absolute Gasteiger partial charge is 0.488 e. The number of nitrogens with zero attached hydrogens (tertiary/aromatic N) is 1. The van der Waals surface area contributed by atoms with Gasteiger partial charge < -0.3 is 4.74 Å². The van der Waals surface area contributed by atoms with Gasteiger partial charge in [0.15, 0.2) is 0 Å². The number of nitrogens with one attached hydrogen (secondary N) is 1. The van der Waals surface area contributed by atoms with Crippen molar-refractivity contribution in [3.8, 4) is 5.75 Å². The van der Waals surface area contributed by atoms with Gasteiger partial charge in [-0.05, 0) is 41.5 Å². The highest BCUT2D eigenvalue weighted by Gasteiger charge is 2.13. The minimum atomic E-state index is -3.76. The van der Waals surface area contributed by atoms with Crippen LogP contribution in [-0.4, -0.2) is 14.6 Å². The third-order valence-electron chi connectivity index (χ3n) is 4.87. The SMILES string of the molecule is Cc1ccc(S(=O)(=O)N/N=C\c2c(OCc3ccccc3)ccc3ccccc23)cc1. The Labute approximate surface area is 182 Å². The van der Waals surface area contributed by atoms with Crippen LogP contribution in [0.15, 0.2) is 101 Å². The third-order valence-corrected chi connectivity index (χ3v) is 6.10. The molecule has 0 saturated carbocycles. The van der Waals surface area contributed by atoms with Gasteiger partial charge in [-0.1, -0.05) is 78.4 Å². The maximum absolute atomic E-state index is 12.5. The first-order valence-electron chi connectivity index (χ1n) is 9.83. The van der Waals surface area contributed by atoms with Gasteiger partial charge in [0.2, 0.25) is 0 Å². The molecule has 0 radical (unpaired) electrons. The van der Waals surface area contributed by atoms with E-state index in [9.17, 15) is 8.42 Å². The monoisotopic (exact) mass is 430 g/mol. The van der Waals surface area contributed by atoms with E-state index in [4.69, 9.17) is 4.74 Å². The smallest absolute Gasteiger partial charge is 0.276 e. The van der Waals surface area contributed by atoms with Crippen molar-refractivity contribution in [2.24, 2.45) is 5.10 Å². The van der Waals surface area contributed by atoms with Crippen LogP contribution < -0.4 is 9.57 Å². The normalized spacial score (nSPS) is 11.6. The molecule has 4 aromatic rings. The van der Waals surface area contributed by atoms with Crippen LogP contribution in [0.4, 0.5) is 0 Å². The van der Waals surface area contributed by atoms with Crippen molar-refractivity contribution in [2.75, 3.05) is 0 Å². The molecule has 6 heteroatoms. The van der Waals surface area contributed by atoms with Crippen molar-refractivity contribution >= 4 is 27.0 Å². The van der Waals surface area contributed by atoms with E-state index < -0.39 is 10.0 Å². The Kier molecular flexibility index (Phi) is 6.00. The molecular weight excluding hydrogens is 408 g/mol. The summed E-state index contributed by atoms with van der Waals surface area (Å²) in [6.45, 7) is 2.30. The summed E-state index contributed by atoms with van der Waals surface area (Å²) in [5.74, 6) is 0.626. The summed E-state index contributed by atoms with van der Waals surface area (Å²) in [6.07, 6.45) is 1.49. The van der Waals surface area contributed by atoms with Gasteiger partial charge in [0.1, 0.15) is 12.4 Å². The second-order valence-corrected chi connectivity index (χ2v) is 8.80. The second-order valence-electron chi connectivity index (χ2n) is 7.14. The van der Waals surface area contributed by atoms with E-state index in [-0.39, 0.29) is 4.90 Å². The van der Waals surface area contributed by atoms with E-state index in [1.54, 1.807) is 24.3 Å². The molecule has 0 unspecified atom stereocenters. The number of hydrazone groups is 1. The molecule has 0 aliphatic heterocycles. The number of benzene rings is 4. The highest BCUT2D eigenvalue weighted by Crippen LogP contribution is 2.27. The van der Waals surface area contributed by atoms with Gasteiger partial charge in [0.05, 0.1) is 11.1 Å². The highest BCUT2D eigenvalue weighted by molar-refractivity contribution is 7.89. The molecule has 0 aliphatic carbocycles. The minimum absolute atomic E-state index is 0.161. The van der Waals surface area contributed by atoms with Crippen molar-refractivity contribution in [3.05, 3.63) is 108 Å². The van der Waals surface area contributed by atoms with E-state index >= 15 is 0 Å². The number of sulfonamides is 1. The second kappa shape index (κ2) is 9.02. The Hall–Kier alpha value is -3.64. The van der Waals surface area contributed by atoms with Gasteiger partial charge in [0.25, 0.3) is 10.0 Å². The van der Waals surface area contributed by atoms with Crippen molar-refractivity contribution in [1.82, 2.24) is 4.83 Å². The lowest BCUT2D eigenvalue weighted by atomic mass is 10.0. The summed E-state index contributed by atoms with van der Waals surface area (Å²) in [7, 11) is -3.76. The van der Waals surface area contributed by atoms with E-state index in [1.807, 2.05) is 73.7 Å². The third kappa shape index (κ3) is 4.92. The summed E-state index contributed by atoms with van der Waals surface area (Å²) >= 11 is 0. The van der Waals surface area contributed by atoms with Crippen LogP contribution in [-0.2, 0) is 16.6 Å². The molecule has 0 heterocycles. The van der Waals surface area contributed by atoms with Crippen molar-refractivity contribution < 1.29 is 13.2 Å². The number of ether oxygens (including phenoxy) is 1. The van der Waals surface area contributed by atoms with Crippen LogP contribution in [0.25, 0.3) is 10.8 Å². The fourth-order valence-corrected chi connectivity index (χ4v) is 3.99. The standard InChI is InChI=1S/C25H22N2O3S/c1-19-11-14-22(15-12-19)31(28,29)27-26-17-24-23-10-6-5-9-21(23)13-16-25(24)30-18-20-7-3-2-4-8-20/h2-17,27H,18H2,1H3/b26-17-. The molecule has 5 nitrogen and oxygen atoms in total. The average molecular weight is 431 g/mol. The first-order chi connectivity index (χ1) is 15.0. The molecular formula is C25H22N2O3S. The summed E-state index contributed by atoms with van der Waals surface area (Å²) in [5, 5.41) is 5.97. The van der Waals surface area contributed by atoms with E-state index in [2.05, 4.69) is 9.93 Å². The topological polar surface area (TPSA) is 67.8 Å². The van der Waals surface area contributed by atoms with E-state index in [1.165, 1.54) is 6.21 Å². The Morgan fingerprint density at radius 2 is 1.58 bits per heavy atom. The van der Waals surface area contributed by atoms with Gasteiger partial charge in [-0.2, -0.15) is 13.5 Å². The Balaban J connectivity index is 1.62. The number of hydrogen-bond donors (Lipinski definition) is 1. The molecule has 1 N–H and O–H groups in total. The summed E-state index contributed by atoms with van der Waals surface area (Å²) in [4.78, 5) is 2.46. The van der Waals surface area contributed by atoms with Gasteiger partial charge in [-0.3, -0.25) is 0 Å². The lowest BCUT2D eigenvalue weighted by Gasteiger charge is -2.12. The van der Waals surface area contributed by atoms with Crippen LogP contribution in [0.1, 0.15) is 16.7 Å². The van der Waals surface area contributed by atoms with Crippen LogP contribution in [0.2, 0.25) is 0 Å². The number of rotatable bonds is 7. The molecule has 4 rings (SSSR count). The zero-order chi connectivity index (χ0) is 21.7. The van der Waals surface area contributed by atoms with Gasteiger partial charge in [-0.15, -0.1) is 0 Å². The maximum Gasteiger partial charge on any atom is 0.276 e. The molecule has 0 spiro atoms. The van der Waals surface area contributed by atoms with Crippen molar-refractivity contribution in [2.45, 2.75) is 18.4 Å². The molecule has 0 fully saturated rings. The fraction of sp³-hybridized carbons (Fsp3) is 0.0800. The Morgan fingerprint density at radius 3 is 2.35 bits per heavy atom. The average Bonchev–Trinajstić information content (AvgIpc) is 2.79. The van der Waals surface area contributed by atoms with E-state index in [0.29, 0.717) is 17.9 Å². The van der Waals surface area contributed by atoms with Gasteiger partial charge in [-0.25, -0.2) is 4.83 Å². The molecule has 0 amide bonds. The lowest BCUT2D eigenvalue weighted by molar-refractivity contribution is 0.306. The number of aryl methyl sites for hydroxylation is 1. The Morgan fingerprint density at radius 1 is 0.871 bits per heavy atom. The molecule has 0 aromatic heterocycles. The summed E-state index contributed by atoms with van der Waals surface area (Å²) in [5.41, 5.74) is 2.73. The van der Waals surface area contributed by atoms with Crippen LogP contribution >= 0.6 is 0 Å². The predicted octanol–water partition coefficient (Wildman–Crippen LogP) is 5.04. The number of hydrogen-bond acceptors (Lipinski definition) is 4. The molecule has 0 atom stereocenters. The zero-order valence-electron chi connectivity index (χ0n) is 17.0. The first kappa shape index (κ1) is 20.6. The Bertz CT molecular complexity index is 1320. The van der Waals surface area contributed by atoms with E-state index in [0.717, 1.165) is 21.9 Å². The maximum atomic E-state index is 12.5. The minimum Gasteiger partial charge on any atom is -0.488 e. The molecule has 0 saturated heterocycles. The van der Waals surface area contributed by atoms with Crippen molar-refractivity contribution in [3.63, 3.8) is 0 Å². The highest BCUT2D eigenvalue weighted by atomic mass is 32.2. The molecule has 0 aliphatic rings. The van der Waals surface area contributed by atoms with Crippen molar-refractivity contribution in [1.29, 1.82) is 0 Å². The van der Waals surface area contributed by atoms with Crippen LogP contribution in [0.3, 0.4) is 0 Å². The van der Waals surface area contributed by atoms with Gasteiger partial charge in [0, 0.05) is 5.56 Å². The summed E-state index contributed by atoms with van der Waals surface area (Å²) < 4.78 is 31.1. The predicted molar refractivity (Wildman–Crippen MR) is 124 cm³/mol. The lowest BCUT2D eigenvalue weighted by Crippen LogP contribution is -2.18.